The molecule has 2 saturated heterocycles. The van der Waals surface area contributed by atoms with Gasteiger partial charge in [-0.1, -0.05) is 18.2 Å². The number of aromatic nitrogens is 2. The minimum Gasteiger partial charge on any atom is -0.598 e. The Morgan fingerprint density at radius 3 is 2.63 bits per heavy atom. The number of hydrogen-bond donors (Lipinski definition) is 2. The average Bonchev–Trinajstić information content (AvgIpc) is 3.00. The molecule has 30 heavy (non-hydrogen) atoms. The summed E-state index contributed by atoms with van der Waals surface area (Å²) in [7, 11) is -4.10. The number of phosphoric ester groups is 1. The second-order valence-electron chi connectivity index (χ2n) is 7.29. The number of nitrogens with one attached hydrogen (secondary N) is 1. The van der Waals surface area contributed by atoms with Crippen LogP contribution in [0, 0.1) is 0 Å². The Labute approximate surface area is 171 Å². The number of ether oxygens (including phenoxy) is 2. The highest BCUT2D eigenvalue weighted by molar-refractivity contribution is 7.54. The largest absolute Gasteiger partial charge is 0.598 e. The van der Waals surface area contributed by atoms with E-state index in [1.54, 1.807) is 44.2 Å². The van der Waals surface area contributed by atoms with Gasteiger partial charge in [0.2, 0.25) is 0 Å². The van der Waals surface area contributed by atoms with Crippen LogP contribution in [0.1, 0.15) is 20.1 Å². The van der Waals surface area contributed by atoms with Gasteiger partial charge in [-0.25, -0.2) is 4.79 Å². The van der Waals surface area contributed by atoms with Crippen molar-refractivity contribution in [2.75, 3.05) is 6.61 Å². The topological polar surface area (TPSA) is 144 Å². The third-order valence-corrected chi connectivity index (χ3v) is 5.95. The van der Waals surface area contributed by atoms with Crippen LogP contribution >= 0.6 is 8.17 Å². The molecule has 0 saturated carbocycles. The van der Waals surface area contributed by atoms with Crippen LogP contribution < -0.4 is 20.7 Å². The number of para-hydroxylation sites is 1. The molecule has 0 spiro atoms. The number of benzene rings is 1. The monoisotopic (exact) mass is 440 g/mol. The van der Waals surface area contributed by atoms with Crippen LogP contribution in [-0.4, -0.2) is 45.4 Å². The van der Waals surface area contributed by atoms with Gasteiger partial charge >= 0.3 is 13.9 Å². The van der Waals surface area contributed by atoms with Crippen molar-refractivity contribution in [2.45, 2.75) is 44.2 Å². The lowest BCUT2D eigenvalue weighted by molar-refractivity contribution is -0.270. The second-order valence-corrected chi connectivity index (χ2v) is 8.84. The van der Waals surface area contributed by atoms with Gasteiger partial charge in [0, 0.05) is 12.3 Å². The van der Waals surface area contributed by atoms with Gasteiger partial charge in [0.15, 0.2) is 23.9 Å². The fourth-order valence-corrected chi connectivity index (χ4v) is 4.72. The maximum Gasteiger partial charge on any atom is 0.429 e. The van der Waals surface area contributed by atoms with Crippen LogP contribution in [0.5, 0.6) is 5.75 Å². The average molecular weight is 440 g/mol. The van der Waals surface area contributed by atoms with Crippen molar-refractivity contribution in [3.8, 4) is 5.75 Å². The summed E-state index contributed by atoms with van der Waals surface area (Å²) in [6.07, 6.45) is -3.34. The number of aliphatic hydroxyl groups is 1. The third kappa shape index (κ3) is 4.33. The molecule has 1 unspecified atom stereocenters. The summed E-state index contributed by atoms with van der Waals surface area (Å²) >= 11 is 0. The predicted molar refractivity (Wildman–Crippen MR) is 101 cm³/mol. The van der Waals surface area contributed by atoms with E-state index >= 15 is 0 Å². The Morgan fingerprint density at radius 2 is 1.93 bits per heavy atom. The second kappa shape index (κ2) is 7.86. The van der Waals surface area contributed by atoms with Crippen molar-refractivity contribution in [3.05, 3.63) is 63.4 Å². The van der Waals surface area contributed by atoms with Crippen molar-refractivity contribution in [1.29, 1.82) is 0 Å². The molecule has 1 aromatic heterocycles. The highest BCUT2D eigenvalue weighted by atomic mass is 31.2. The molecular formula is C18H21N2O9P. The molecule has 0 bridgehead atoms. The van der Waals surface area contributed by atoms with Crippen LogP contribution in [0.4, 0.5) is 0 Å². The van der Waals surface area contributed by atoms with Crippen LogP contribution in [-0.2, 0) is 18.5 Å². The smallest absolute Gasteiger partial charge is 0.429 e. The molecule has 2 aliphatic heterocycles. The normalized spacial score (nSPS) is 33.3. The lowest BCUT2D eigenvalue weighted by Crippen LogP contribution is -2.51. The summed E-state index contributed by atoms with van der Waals surface area (Å²) in [5, 5.41) is 10.5. The summed E-state index contributed by atoms with van der Waals surface area (Å²) in [4.78, 5) is 38.9. The summed E-state index contributed by atoms with van der Waals surface area (Å²) in [6, 6.07) is 9.44. The first-order valence-corrected chi connectivity index (χ1v) is 10.6. The SMILES string of the molecule is CC1(C)O[C@H]([C@@H]2O[P+]([O-])(Oc3ccccc3)OC[C@H]2O)[C@@H](n2ccc(=O)[nH]c2=O)O1. The Kier molecular flexibility index (Phi) is 5.54. The first-order valence-electron chi connectivity index (χ1n) is 9.19. The minimum absolute atomic E-state index is 0.258. The molecular weight excluding hydrogens is 419 g/mol. The van der Waals surface area contributed by atoms with E-state index in [4.69, 9.17) is 23.0 Å². The standard InChI is InChI=1S/C18H21N2O9P/c1-18(2)26-15(16(27-18)20-9-8-13(22)19-17(20)23)14-12(21)10-25-30(24,29-14)28-11-6-4-3-5-7-11/h3-9,12,14-16,21H,10H2,1-2H3,(H,19,22,23)/t12-,14-,15-,16+,30?/m1/s1. The number of phosphoric acid groups is 1. The van der Waals surface area contributed by atoms with Gasteiger partial charge in [0.05, 0.1) is 0 Å². The Balaban J connectivity index is 1.63. The lowest BCUT2D eigenvalue weighted by atomic mass is 10.1. The number of nitrogens with zero attached hydrogens (tertiary/aromatic N) is 1. The number of rotatable bonds is 4. The highest BCUT2D eigenvalue weighted by Crippen LogP contribution is 2.58. The number of hydrogen-bond acceptors (Lipinski definition) is 9. The summed E-state index contributed by atoms with van der Waals surface area (Å²) in [6.45, 7) is 2.88. The molecule has 2 aliphatic rings. The van der Waals surface area contributed by atoms with Crippen molar-refractivity contribution in [1.82, 2.24) is 9.55 Å². The fraction of sp³-hybridized carbons (Fsp3) is 0.444. The van der Waals surface area contributed by atoms with Crippen molar-refractivity contribution in [2.24, 2.45) is 0 Å². The van der Waals surface area contributed by atoms with E-state index in [-0.39, 0.29) is 12.4 Å². The molecule has 1 aromatic carbocycles. The van der Waals surface area contributed by atoms with E-state index in [0.717, 1.165) is 10.6 Å². The molecule has 162 valence electrons. The van der Waals surface area contributed by atoms with Crippen LogP contribution in [0.15, 0.2) is 52.2 Å². The zero-order chi connectivity index (χ0) is 21.5. The van der Waals surface area contributed by atoms with Crippen LogP contribution in [0.25, 0.3) is 0 Å². The summed E-state index contributed by atoms with van der Waals surface area (Å²) < 4.78 is 28.9. The van der Waals surface area contributed by atoms with Gasteiger partial charge in [-0.3, -0.25) is 18.9 Å². The minimum atomic E-state index is -4.10. The molecule has 0 radical (unpaired) electrons. The van der Waals surface area contributed by atoms with Crippen LogP contribution in [0.3, 0.4) is 0 Å². The van der Waals surface area contributed by atoms with Crippen molar-refractivity contribution in [3.63, 3.8) is 0 Å². The van der Waals surface area contributed by atoms with E-state index in [1.807, 2.05) is 0 Å². The Morgan fingerprint density at radius 1 is 1.20 bits per heavy atom. The van der Waals surface area contributed by atoms with Crippen molar-refractivity contribution >= 4 is 8.17 Å². The maximum atomic E-state index is 13.0. The third-order valence-electron chi connectivity index (χ3n) is 4.55. The van der Waals surface area contributed by atoms with E-state index in [9.17, 15) is 19.6 Å². The highest BCUT2D eigenvalue weighted by Gasteiger charge is 2.56. The zero-order valence-corrected chi connectivity index (χ0v) is 17.1. The number of H-pyrrole nitrogens is 1. The molecule has 0 amide bonds. The Bertz CT molecular complexity index is 1010. The molecule has 3 heterocycles. The first kappa shape index (κ1) is 21.1. The summed E-state index contributed by atoms with van der Waals surface area (Å²) in [5.41, 5.74) is -1.31. The fourth-order valence-electron chi connectivity index (χ4n) is 3.29. The van der Waals surface area contributed by atoms with E-state index < -0.39 is 49.7 Å². The van der Waals surface area contributed by atoms with Gasteiger partial charge in [0.1, 0.15) is 18.8 Å². The first-order chi connectivity index (χ1) is 14.2. The van der Waals surface area contributed by atoms with Gasteiger partial charge in [-0.15, -0.1) is 0 Å². The summed E-state index contributed by atoms with van der Waals surface area (Å²) in [5.74, 6) is -0.898. The van der Waals surface area contributed by atoms with E-state index in [1.165, 1.54) is 6.20 Å². The number of aliphatic hydroxyl groups excluding tert-OH is 1. The van der Waals surface area contributed by atoms with E-state index in [0.29, 0.717) is 0 Å². The molecule has 11 nitrogen and oxygen atoms in total. The maximum absolute atomic E-state index is 13.0. The molecule has 4 rings (SSSR count). The lowest BCUT2D eigenvalue weighted by Gasteiger charge is -2.38. The molecule has 0 aliphatic carbocycles. The molecule has 5 atom stereocenters. The quantitative estimate of drug-likeness (QED) is 0.632. The van der Waals surface area contributed by atoms with Gasteiger partial charge in [-0.2, -0.15) is 9.05 Å². The van der Waals surface area contributed by atoms with Gasteiger partial charge in [0.25, 0.3) is 5.56 Å². The predicted octanol–water partition coefficient (Wildman–Crippen LogP) is 0.0799. The molecule has 2 N–H and O–H groups in total. The molecule has 12 heteroatoms. The Hall–Kier alpha value is -2.11. The molecule has 2 fully saturated rings. The van der Waals surface area contributed by atoms with Gasteiger partial charge in [-0.05, 0) is 26.0 Å². The van der Waals surface area contributed by atoms with Crippen molar-refractivity contribution < 1.29 is 33.0 Å². The molecule has 2 aromatic rings. The van der Waals surface area contributed by atoms with Crippen LogP contribution in [0.2, 0.25) is 0 Å². The van der Waals surface area contributed by atoms with Gasteiger partial charge < -0.3 is 19.5 Å². The number of aromatic amines is 1. The van der Waals surface area contributed by atoms with E-state index in [2.05, 4.69) is 4.98 Å². The zero-order valence-electron chi connectivity index (χ0n) is 16.2.